The molecule has 2 rings (SSSR count). The first-order valence-corrected chi connectivity index (χ1v) is 6.60. The largest absolute Gasteiger partial charge is 0.340 e. The lowest BCUT2D eigenvalue weighted by Crippen LogP contribution is -2.15. The molecular weight excluding hydrogens is 280 g/mol. The van der Waals surface area contributed by atoms with Crippen LogP contribution in [0.3, 0.4) is 0 Å². The lowest BCUT2D eigenvalue weighted by Gasteiger charge is -2.13. The molecule has 2 aromatic heterocycles. The van der Waals surface area contributed by atoms with Crippen LogP contribution in [0.1, 0.15) is 32.0 Å². The molecule has 17 heavy (non-hydrogen) atoms. The summed E-state index contributed by atoms with van der Waals surface area (Å²) >= 11 is 3.40. The highest BCUT2D eigenvalue weighted by Crippen LogP contribution is 2.23. The summed E-state index contributed by atoms with van der Waals surface area (Å²) in [5.74, 6) is 1.83. The van der Waals surface area contributed by atoms with Crippen LogP contribution in [-0.2, 0) is 0 Å². The van der Waals surface area contributed by atoms with Crippen molar-refractivity contribution in [2.45, 2.75) is 26.2 Å². The molecule has 3 N–H and O–H groups in total. The number of H-pyrrole nitrogens is 1. The van der Waals surface area contributed by atoms with Crippen LogP contribution >= 0.6 is 15.9 Å². The molecule has 0 saturated heterocycles. The minimum absolute atomic E-state index is 0.281. The van der Waals surface area contributed by atoms with Crippen molar-refractivity contribution in [3.05, 3.63) is 22.6 Å². The van der Waals surface area contributed by atoms with Crippen molar-refractivity contribution in [3.8, 4) is 0 Å². The summed E-state index contributed by atoms with van der Waals surface area (Å²) in [5.41, 5.74) is 7.53. The number of pyridine rings is 1. The van der Waals surface area contributed by atoms with Gasteiger partial charge in [0.15, 0.2) is 5.65 Å². The molecular formula is C12H17BrN4. The molecule has 2 aromatic rings. The van der Waals surface area contributed by atoms with Gasteiger partial charge in [0, 0.05) is 23.1 Å². The van der Waals surface area contributed by atoms with Gasteiger partial charge in [-0.15, -0.1) is 0 Å². The molecule has 0 aliphatic carbocycles. The molecule has 0 radical (unpaired) electrons. The predicted molar refractivity (Wildman–Crippen MR) is 72.8 cm³/mol. The average Bonchev–Trinajstić information content (AvgIpc) is 2.68. The van der Waals surface area contributed by atoms with E-state index < -0.39 is 0 Å². The number of halogens is 1. The van der Waals surface area contributed by atoms with E-state index in [4.69, 9.17) is 5.73 Å². The second-order valence-corrected chi connectivity index (χ2v) is 5.62. The van der Waals surface area contributed by atoms with Crippen LogP contribution in [0.15, 0.2) is 16.7 Å². The molecule has 0 saturated carbocycles. The quantitative estimate of drug-likeness (QED) is 0.912. The SMILES string of the molecule is CC(C)CC(CN)c1nc2ncc(Br)cc2[nH]1. The van der Waals surface area contributed by atoms with Gasteiger partial charge in [-0.3, -0.25) is 0 Å². The second-order valence-electron chi connectivity index (χ2n) is 4.71. The molecule has 0 bridgehead atoms. The fourth-order valence-electron chi connectivity index (χ4n) is 1.98. The number of hydrogen-bond acceptors (Lipinski definition) is 3. The Morgan fingerprint density at radius 1 is 1.47 bits per heavy atom. The lowest BCUT2D eigenvalue weighted by atomic mass is 9.97. The molecule has 1 unspecified atom stereocenters. The van der Waals surface area contributed by atoms with Gasteiger partial charge in [0.2, 0.25) is 0 Å². The fourth-order valence-corrected chi connectivity index (χ4v) is 2.31. The van der Waals surface area contributed by atoms with Gasteiger partial charge in [0.05, 0.1) is 5.52 Å². The van der Waals surface area contributed by atoms with Gasteiger partial charge in [-0.2, -0.15) is 0 Å². The van der Waals surface area contributed by atoms with Gasteiger partial charge in [-0.1, -0.05) is 13.8 Å². The first-order chi connectivity index (χ1) is 8.10. The van der Waals surface area contributed by atoms with Crippen LogP contribution in [0.2, 0.25) is 0 Å². The summed E-state index contributed by atoms with van der Waals surface area (Å²) < 4.78 is 0.952. The normalized spacial score (nSPS) is 13.5. The average molecular weight is 297 g/mol. The van der Waals surface area contributed by atoms with E-state index in [1.165, 1.54) is 0 Å². The van der Waals surface area contributed by atoms with Gasteiger partial charge in [0.1, 0.15) is 5.82 Å². The Kier molecular flexibility index (Phi) is 3.79. The third-order valence-corrected chi connectivity index (χ3v) is 3.18. The molecule has 5 heteroatoms. The molecule has 2 heterocycles. The van der Waals surface area contributed by atoms with Crippen molar-refractivity contribution < 1.29 is 0 Å². The van der Waals surface area contributed by atoms with E-state index in [2.05, 4.69) is 44.7 Å². The van der Waals surface area contributed by atoms with Gasteiger partial charge in [-0.05, 0) is 34.3 Å². The third kappa shape index (κ3) is 2.84. The maximum absolute atomic E-state index is 5.82. The van der Waals surface area contributed by atoms with Gasteiger partial charge in [0.25, 0.3) is 0 Å². The van der Waals surface area contributed by atoms with E-state index in [1.807, 2.05) is 6.07 Å². The minimum Gasteiger partial charge on any atom is -0.340 e. The summed E-state index contributed by atoms with van der Waals surface area (Å²) in [6, 6.07) is 1.99. The molecule has 0 amide bonds. The highest BCUT2D eigenvalue weighted by Gasteiger charge is 2.16. The molecule has 4 nitrogen and oxygen atoms in total. The zero-order chi connectivity index (χ0) is 12.4. The Bertz CT molecular complexity index is 506. The molecule has 92 valence electrons. The van der Waals surface area contributed by atoms with Crippen molar-refractivity contribution in [1.29, 1.82) is 0 Å². The molecule has 0 aliphatic rings. The van der Waals surface area contributed by atoms with Crippen LogP contribution in [-0.4, -0.2) is 21.5 Å². The molecule has 1 atom stereocenters. The Hall–Kier alpha value is -0.940. The van der Waals surface area contributed by atoms with Gasteiger partial charge in [-0.25, -0.2) is 9.97 Å². The standard InChI is InChI=1S/C12H17BrN4/c1-7(2)3-8(5-14)11-16-10-4-9(13)6-15-12(10)17-11/h4,6-8H,3,5,14H2,1-2H3,(H,15,16,17). The highest BCUT2D eigenvalue weighted by atomic mass is 79.9. The summed E-state index contributed by atoms with van der Waals surface area (Å²) in [6.07, 6.45) is 2.80. The zero-order valence-electron chi connectivity index (χ0n) is 10.1. The van der Waals surface area contributed by atoms with E-state index in [0.29, 0.717) is 12.5 Å². The van der Waals surface area contributed by atoms with Crippen molar-refractivity contribution >= 4 is 27.1 Å². The Labute approximate surface area is 109 Å². The number of nitrogens with one attached hydrogen (secondary N) is 1. The van der Waals surface area contributed by atoms with E-state index in [1.54, 1.807) is 6.20 Å². The molecule has 0 aromatic carbocycles. The summed E-state index contributed by atoms with van der Waals surface area (Å²) in [4.78, 5) is 12.1. The maximum Gasteiger partial charge on any atom is 0.177 e. The number of hydrogen-bond donors (Lipinski definition) is 2. The third-order valence-electron chi connectivity index (χ3n) is 2.75. The smallest absolute Gasteiger partial charge is 0.177 e. The Morgan fingerprint density at radius 3 is 2.88 bits per heavy atom. The lowest BCUT2D eigenvalue weighted by molar-refractivity contribution is 0.491. The number of rotatable bonds is 4. The minimum atomic E-state index is 0.281. The van der Waals surface area contributed by atoms with E-state index >= 15 is 0 Å². The molecule has 0 aliphatic heterocycles. The first-order valence-electron chi connectivity index (χ1n) is 5.81. The number of nitrogens with two attached hydrogens (primary N) is 1. The summed E-state index contributed by atoms with van der Waals surface area (Å²) in [7, 11) is 0. The maximum atomic E-state index is 5.82. The predicted octanol–water partition coefficient (Wildman–Crippen LogP) is 2.81. The monoisotopic (exact) mass is 296 g/mol. The number of fused-ring (bicyclic) bond motifs is 1. The van der Waals surface area contributed by atoms with Gasteiger partial charge < -0.3 is 10.7 Å². The van der Waals surface area contributed by atoms with E-state index in [9.17, 15) is 0 Å². The van der Waals surface area contributed by atoms with Crippen LogP contribution in [0.4, 0.5) is 0 Å². The van der Waals surface area contributed by atoms with Crippen molar-refractivity contribution in [2.75, 3.05) is 6.54 Å². The number of aromatic amines is 1. The van der Waals surface area contributed by atoms with Crippen molar-refractivity contribution in [1.82, 2.24) is 15.0 Å². The van der Waals surface area contributed by atoms with Crippen molar-refractivity contribution in [2.24, 2.45) is 11.7 Å². The summed E-state index contributed by atoms with van der Waals surface area (Å²) in [6.45, 7) is 5.00. The molecule has 0 spiro atoms. The van der Waals surface area contributed by atoms with E-state index in [0.717, 1.165) is 27.9 Å². The second kappa shape index (κ2) is 5.14. The van der Waals surface area contributed by atoms with E-state index in [-0.39, 0.29) is 5.92 Å². The number of imidazole rings is 1. The van der Waals surface area contributed by atoms with Crippen LogP contribution in [0, 0.1) is 5.92 Å². The zero-order valence-corrected chi connectivity index (χ0v) is 11.7. The topological polar surface area (TPSA) is 67.6 Å². The van der Waals surface area contributed by atoms with Crippen LogP contribution < -0.4 is 5.73 Å². The van der Waals surface area contributed by atoms with Crippen LogP contribution in [0.5, 0.6) is 0 Å². The highest BCUT2D eigenvalue weighted by molar-refractivity contribution is 9.10. The number of nitrogens with zero attached hydrogens (tertiary/aromatic N) is 2. The Balaban J connectivity index is 2.34. The molecule has 0 fully saturated rings. The fraction of sp³-hybridized carbons (Fsp3) is 0.500. The number of aromatic nitrogens is 3. The van der Waals surface area contributed by atoms with Crippen molar-refractivity contribution in [3.63, 3.8) is 0 Å². The van der Waals surface area contributed by atoms with Crippen LogP contribution in [0.25, 0.3) is 11.2 Å². The summed E-state index contributed by atoms with van der Waals surface area (Å²) in [5, 5.41) is 0. The van der Waals surface area contributed by atoms with Gasteiger partial charge >= 0.3 is 0 Å². The first kappa shape index (κ1) is 12.5. The Morgan fingerprint density at radius 2 is 2.24 bits per heavy atom.